The van der Waals surface area contributed by atoms with Crippen LogP contribution in [-0.2, 0) is 10.0 Å². The molecule has 0 fully saturated rings. The van der Waals surface area contributed by atoms with Gasteiger partial charge in [-0.25, -0.2) is 18.5 Å². The van der Waals surface area contributed by atoms with E-state index in [1.807, 2.05) is 5.38 Å². The lowest BCUT2D eigenvalue weighted by Gasteiger charge is -2.07. The van der Waals surface area contributed by atoms with Crippen molar-refractivity contribution >= 4 is 38.8 Å². The van der Waals surface area contributed by atoms with Gasteiger partial charge in [0.1, 0.15) is 4.90 Å². The summed E-state index contributed by atoms with van der Waals surface area (Å²) in [6.07, 6.45) is 1.67. The Bertz CT molecular complexity index is 623. The lowest BCUT2D eigenvalue weighted by molar-refractivity contribution is 0.598. The van der Waals surface area contributed by atoms with Gasteiger partial charge in [-0.3, -0.25) is 0 Å². The third-order valence-electron chi connectivity index (χ3n) is 1.94. The van der Waals surface area contributed by atoms with E-state index in [1.54, 1.807) is 18.3 Å². The first-order chi connectivity index (χ1) is 7.98. The minimum Gasteiger partial charge on any atom is -0.397 e. The first-order valence-corrected chi connectivity index (χ1v) is 7.71. The van der Waals surface area contributed by atoms with Crippen LogP contribution in [0.2, 0.25) is 0 Å². The van der Waals surface area contributed by atoms with Crippen LogP contribution in [0.1, 0.15) is 0 Å². The molecule has 0 atom stereocenters. The zero-order valence-corrected chi connectivity index (χ0v) is 11.0. The number of nitrogens with two attached hydrogens (primary N) is 2. The number of nitrogen functional groups attached to an aromatic ring is 1. The second kappa shape index (κ2) is 4.65. The van der Waals surface area contributed by atoms with Gasteiger partial charge in [-0.15, -0.1) is 11.3 Å². The van der Waals surface area contributed by atoms with Gasteiger partial charge in [0, 0.05) is 16.5 Å². The Morgan fingerprint density at radius 3 is 2.71 bits per heavy atom. The molecular weight excluding hydrogens is 278 g/mol. The monoisotopic (exact) mass is 287 g/mol. The maximum absolute atomic E-state index is 11.3. The molecule has 0 saturated carbocycles. The summed E-state index contributed by atoms with van der Waals surface area (Å²) in [5.74, 6) is 0. The third kappa shape index (κ3) is 2.78. The number of rotatable bonds is 3. The number of benzene rings is 1. The van der Waals surface area contributed by atoms with Gasteiger partial charge in [0.2, 0.25) is 10.0 Å². The fourth-order valence-corrected chi connectivity index (χ4v) is 3.62. The number of aromatic nitrogens is 1. The van der Waals surface area contributed by atoms with E-state index in [0.717, 1.165) is 4.34 Å². The number of hydrogen-bond donors (Lipinski definition) is 2. The fraction of sp³-hybridized carbons (Fsp3) is 0. The highest BCUT2D eigenvalue weighted by Crippen LogP contribution is 2.35. The summed E-state index contributed by atoms with van der Waals surface area (Å²) in [7, 11) is -3.79. The number of sulfonamides is 1. The van der Waals surface area contributed by atoms with Crippen molar-refractivity contribution in [2.45, 2.75) is 14.1 Å². The molecular formula is C9H9N3O2S3. The zero-order valence-electron chi connectivity index (χ0n) is 8.53. The topological polar surface area (TPSA) is 99.1 Å². The molecule has 1 aromatic heterocycles. The summed E-state index contributed by atoms with van der Waals surface area (Å²) in [4.78, 5) is 4.66. The molecule has 1 heterocycles. The highest BCUT2D eigenvalue weighted by Gasteiger charge is 2.15. The lowest BCUT2D eigenvalue weighted by atomic mass is 10.3. The van der Waals surface area contributed by atoms with Gasteiger partial charge in [0.05, 0.1) is 5.69 Å². The highest BCUT2D eigenvalue weighted by molar-refractivity contribution is 8.01. The van der Waals surface area contributed by atoms with E-state index >= 15 is 0 Å². The Labute approximate surface area is 107 Å². The number of anilines is 1. The minimum absolute atomic E-state index is 0.0564. The molecule has 0 radical (unpaired) electrons. The van der Waals surface area contributed by atoms with E-state index in [4.69, 9.17) is 10.9 Å². The molecule has 0 spiro atoms. The Kier molecular flexibility index (Phi) is 3.38. The van der Waals surface area contributed by atoms with Crippen molar-refractivity contribution in [2.75, 3.05) is 5.73 Å². The van der Waals surface area contributed by atoms with Gasteiger partial charge in [0.25, 0.3) is 0 Å². The Morgan fingerprint density at radius 1 is 1.35 bits per heavy atom. The third-order valence-corrected chi connectivity index (χ3v) is 4.87. The lowest BCUT2D eigenvalue weighted by Crippen LogP contribution is -2.14. The SMILES string of the molecule is Nc1c(Sc2nccs2)cccc1S(N)(=O)=O. The van der Waals surface area contributed by atoms with Crippen LogP contribution in [0.25, 0.3) is 0 Å². The molecule has 0 unspecified atom stereocenters. The predicted molar refractivity (Wildman–Crippen MR) is 68.5 cm³/mol. The van der Waals surface area contributed by atoms with Gasteiger partial charge in [-0.2, -0.15) is 0 Å². The molecule has 1 aromatic carbocycles. The molecule has 4 N–H and O–H groups in total. The largest absolute Gasteiger partial charge is 0.397 e. The van der Waals surface area contributed by atoms with Crippen molar-refractivity contribution in [2.24, 2.45) is 5.14 Å². The fourth-order valence-electron chi connectivity index (χ4n) is 1.22. The van der Waals surface area contributed by atoms with Crippen LogP contribution in [0.3, 0.4) is 0 Å². The zero-order chi connectivity index (χ0) is 12.5. The first-order valence-electron chi connectivity index (χ1n) is 4.47. The number of para-hydroxylation sites is 1. The Balaban J connectivity index is 2.43. The van der Waals surface area contributed by atoms with Crippen molar-refractivity contribution < 1.29 is 8.42 Å². The van der Waals surface area contributed by atoms with E-state index in [9.17, 15) is 8.42 Å². The molecule has 17 heavy (non-hydrogen) atoms. The molecule has 0 bridgehead atoms. The standard InChI is InChI=1S/C9H9N3O2S3/c10-8-6(16-9-12-4-5-15-9)2-1-3-7(8)17(11,13)14/h1-5H,10H2,(H2,11,13,14). The molecule has 5 nitrogen and oxygen atoms in total. The Hall–Kier alpha value is -1.09. The predicted octanol–water partition coefficient (Wildman–Crippen LogP) is 1.52. The number of nitrogens with zero attached hydrogens (tertiary/aromatic N) is 1. The van der Waals surface area contributed by atoms with Gasteiger partial charge in [-0.1, -0.05) is 17.8 Å². The van der Waals surface area contributed by atoms with E-state index in [0.29, 0.717) is 4.90 Å². The van der Waals surface area contributed by atoms with E-state index in [2.05, 4.69) is 4.98 Å². The summed E-state index contributed by atoms with van der Waals surface area (Å²) in [5.41, 5.74) is 5.95. The van der Waals surface area contributed by atoms with Crippen LogP contribution in [-0.4, -0.2) is 13.4 Å². The summed E-state index contributed by atoms with van der Waals surface area (Å²) in [6.45, 7) is 0. The van der Waals surface area contributed by atoms with Gasteiger partial charge in [0.15, 0.2) is 4.34 Å². The molecule has 2 aromatic rings. The van der Waals surface area contributed by atoms with Crippen LogP contribution < -0.4 is 10.9 Å². The summed E-state index contributed by atoms with van der Waals surface area (Å²) in [5, 5.41) is 6.91. The average Bonchev–Trinajstić information content (AvgIpc) is 2.72. The molecule has 0 aliphatic heterocycles. The number of primary sulfonamides is 1. The first kappa shape index (κ1) is 12.4. The Morgan fingerprint density at radius 2 is 2.12 bits per heavy atom. The van der Waals surface area contributed by atoms with E-state index in [-0.39, 0.29) is 10.6 Å². The molecule has 0 saturated heterocycles. The number of thiazole rings is 1. The second-order valence-corrected chi connectivity index (χ2v) is 6.83. The smallest absolute Gasteiger partial charge is 0.240 e. The van der Waals surface area contributed by atoms with Crippen LogP contribution in [0.15, 0.2) is 43.9 Å². The van der Waals surface area contributed by atoms with Crippen molar-refractivity contribution in [1.82, 2.24) is 4.98 Å². The van der Waals surface area contributed by atoms with Crippen molar-refractivity contribution in [1.29, 1.82) is 0 Å². The molecule has 8 heteroatoms. The summed E-state index contributed by atoms with van der Waals surface area (Å²) >= 11 is 2.77. The molecule has 2 rings (SSSR count). The molecule has 0 aliphatic rings. The molecule has 0 aliphatic carbocycles. The quantitative estimate of drug-likeness (QED) is 0.834. The highest BCUT2D eigenvalue weighted by atomic mass is 32.2. The second-order valence-electron chi connectivity index (χ2n) is 3.11. The van der Waals surface area contributed by atoms with E-state index in [1.165, 1.54) is 29.2 Å². The van der Waals surface area contributed by atoms with E-state index < -0.39 is 10.0 Å². The van der Waals surface area contributed by atoms with Crippen molar-refractivity contribution in [3.8, 4) is 0 Å². The van der Waals surface area contributed by atoms with Crippen LogP contribution in [0, 0.1) is 0 Å². The molecule has 0 amide bonds. The minimum atomic E-state index is -3.79. The van der Waals surface area contributed by atoms with Crippen LogP contribution in [0.4, 0.5) is 5.69 Å². The average molecular weight is 287 g/mol. The normalized spacial score (nSPS) is 11.6. The van der Waals surface area contributed by atoms with Crippen molar-refractivity contribution in [3.63, 3.8) is 0 Å². The van der Waals surface area contributed by atoms with Gasteiger partial charge < -0.3 is 5.73 Å². The van der Waals surface area contributed by atoms with Gasteiger partial charge in [-0.05, 0) is 12.1 Å². The molecule has 90 valence electrons. The number of hydrogen-bond acceptors (Lipinski definition) is 6. The van der Waals surface area contributed by atoms with Gasteiger partial charge >= 0.3 is 0 Å². The maximum atomic E-state index is 11.3. The summed E-state index contributed by atoms with van der Waals surface area (Å²) < 4.78 is 23.4. The maximum Gasteiger partial charge on any atom is 0.240 e. The van der Waals surface area contributed by atoms with Crippen LogP contribution in [0.5, 0.6) is 0 Å². The van der Waals surface area contributed by atoms with Crippen molar-refractivity contribution in [3.05, 3.63) is 29.8 Å². The van der Waals surface area contributed by atoms with Crippen LogP contribution >= 0.6 is 23.1 Å². The summed E-state index contributed by atoms with van der Waals surface area (Å²) in [6, 6.07) is 4.72.